The molecule has 0 aromatic heterocycles. The summed E-state index contributed by atoms with van der Waals surface area (Å²) < 4.78 is 0. The molecule has 2 aliphatic rings. The molecule has 2 rings (SSSR count). The second-order valence-electron chi connectivity index (χ2n) is 5.00. The lowest BCUT2D eigenvalue weighted by molar-refractivity contribution is -0.192. The Balaban J connectivity index is 2.39. The molecule has 0 bridgehead atoms. The van der Waals surface area contributed by atoms with E-state index in [0.29, 0.717) is 11.5 Å². The van der Waals surface area contributed by atoms with E-state index < -0.39 is 5.66 Å². The first-order chi connectivity index (χ1) is 6.76. The second kappa shape index (κ2) is 2.82. The van der Waals surface area contributed by atoms with Crippen LogP contribution in [0.3, 0.4) is 0 Å². The molecule has 1 amide bonds. The summed E-state index contributed by atoms with van der Waals surface area (Å²) in [4.78, 5) is 13.2. The van der Waals surface area contributed by atoms with Gasteiger partial charge in [0.15, 0.2) is 5.11 Å². The number of fused-ring (bicyclic) bond motifs is 1. The molecule has 1 unspecified atom stereocenters. The molecule has 0 radical (unpaired) electrons. The Labute approximate surface area is 94.0 Å². The fraction of sp³-hybridized carbons (Fsp3) is 0.778. The Morgan fingerprint density at radius 2 is 2.07 bits per heavy atom. The molecular weight excluding hydrogens is 214 g/mol. The molecule has 6 heteroatoms. The van der Waals surface area contributed by atoms with Gasteiger partial charge in [0.25, 0.3) is 5.91 Å². The third-order valence-electron chi connectivity index (χ3n) is 3.03. The zero-order chi connectivity index (χ0) is 11.4. The largest absolute Gasteiger partial charge is 0.357 e. The minimum atomic E-state index is -0.705. The number of hydroxylamine groups is 2. The average molecular weight is 229 g/mol. The molecule has 84 valence electrons. The molecule has 0 saturated carbocycles. The monoisotopic (exact) mass is 229 g/mol. The Kier molecular flexibility index (Phi) is 2.00. The van der Waals surface area contributed by atoms with Gasteiger partial charge in [-0.2, -0.15) is 5.06 Å². The lowest BCUT2D eigenvalue weighted by Gasteiger charge is -2.49. The van der Waals surface area contributed by atoms with Crippen molar-refractivity contribution in [2.45, 2.75) is 38.4 Å². The van der Waals surface area contributed by atoms with Crippen LogP contribution in [0, 0.1) is 0 Å². The van der Waals surface area contributed by atoms with Gasteiger partial charge in [-0.25, -0.2) is 0 Å². The van der Waals surface area contributed by atoms with Crippen LogP contribution in [-0.2, 0) is 4.79 Å². The minimum Gasteiger partial charge on any atom is -0.357 e. The van der Waals surface area contributed by atoms with Crippen molar-refractivity contribution in [1.29, 1.82) is 0 Å². The van der Waals surface area contributed by atoms with Crippen molar-refractivity contribution in [3.8, 4) is 0 Å². The van der Waals surface area contributed by atoms with Crippen molar-refractivity contribution in [3.05, 3.63) is 0 Å². The first-order valence-electron chi connectivity index (χ1n) is 4.88. The quantitative estimate of drug-likeness (QED) is 0.462. The van der Waals surface area contributed by atoms with Crippen LogP contribution in [0.1, 0.15) is 27.2 Å². The standard InChI is InChI=1S/C9H15N3O2S/c1-8(2)5-9(3)11(7(15)10-8)4-6(13)12(9)14/h14H,4-5H2,1-3H3,(H,10,15). The Hall–Kier alpha value is -0.880. The van der Waals surface area contributed by atoms with Crippen molar-refractivity contribution >= 4 is 23.2 Å². The van der Waals surface area contributed by atoms with E-state index >= 15 is 0 Å². The predicted molar refractivity (Wildman–Crippen MR) is 58.2 cm³/mol. The van der Waals surface area contributed by atoms with Crippen molar-refractivity contribution in [2.24, 2.45) is 0 Å². The highest BCUT2D eigenvalue weighted by molar-refractivity contribution is 7.80. The summed E-state index contributed by atoms with van der Waals surface area (Å²) in [5.41, 5.74) is -0.920. The number of thiocarbonyl (C=S) groups is 1. The molecule has 0 aromatic carbocycles. The van der Waals surface area contributed by atoms with E-state index in [9.17, 15) is 10.0 Å². The Morgan fingerprint density at radius 1 is 1.47 bits per heavy atom. The number of nitrogens with one attached hydrogen (secondary N) is 1. The second-order valence-corrected chi connectivity index (χ2v) is 5.39. The summed E-state index contributed by atoms with van der Waals surface area (Å²) in [6, 6.07) is 0. The highest BCUT2D eigenvalue weighted by Crippen LogP contribution is 2.37. The fourth-order valence-electron chi connectivity index (χ4n) is 2.45. The first kappa shape index (κ1) is 10.6. The van der Waals surface area contributed by atoms with Gasteiger partial charge >= 0.3 is 0 Å². The van der Waals surface area contributed by atoms with Crippen molar-refractivity contribution in [2.75, 3.05) is 6.54 Å². The number of hydrogen-bond acceptors (Lipinski definition) is 3. The van der Waals surface area contributed by atoms with Crippen molar-refractivity contribution in [3.63, 3.8) is 0 Å². The van der Waals surface area contributed by atoms with Gasteiger partial charge in [0.05, 0.1) is 0 Å². The molecule has 2 aliphatic heterocycles. The van der Waals surface area contributed by atoms with Crippen LogP contribution in [0.25, 0.3) is 0 Å². The molecule has 0 spiro atoms. The molecule has 2 N–H and O–H groups in total. The third kappa shape index (κ3) is 1.39. The minimum absolute atomic E-state index is 0.148. The molecule has 2 saturated heterocycles. The highest BCUT2D eigenvalue weighted by Gasteiger charge is 2.54. The summed E-state index contributed by atoms with van der Waals surface area (Å²) in [5, 5.41) is 14.3. The molecule has 0 aromatic rings. The fourth-order valence-corrected chi connectivity index (χ4v) is 2.99. The number of nitrogens with zero attached hydrogens (tertiary/aromatic N) is 2. The third-order valence-corrected chi connectivity index (χ3v) is 3.36. The zero-order valence-electron chi connectivity index (χ0n) is 9.07. The molecular formula is C9H15N3O2S. The van der Waals surface area contributed by atoms with Crippen LogP contribution < -0.4 is 5.32 Å². The van der Waals surface area contributed by atoms with Gasteiger partial charge in [0.2, 0.25) is 0 Å². The topological polar surface area (TPSA) is 55.8 Å². The molecule has 2 heterocycles. The Bertz CT molecular complexity index is 344. The van der Waals surface area contributed by atoms with Crippen LogP contribution in [0.4, 0.5) is 0 Å². The number of carbonyl (C=O) groups is 1. The van der Waals surface area contributed by atoms with E-state index in [4.69, 9.17) is 12.2 Å². The van der Waals surface area contributed by atoms with Crippen molar-refractivity contribution < 1.29 is 10.0 Å². The van der Waals surface area contributed by atoms with Crippen molar-refractivity contribution in [1.82, 2.24) is 15.3 Å². The SMILES string of the molecule is CC1(C)CC2(C)N(O)C(=O)CN2C(=S)N1. The number of hydrogen-bond donors (Lipinski definition) is 2. The van der Waals surface area contributed by atoms with Crippen LogP contribution >= 0.6 is 12.2 Å². The maximum absolute atomic E-state index is 11.4. The van der Waals surface area contributed by atoms with Gasteiger partial charge in [-0.1, -0.05) is 0 Å². The van der Waals surface area contributed by atoms with E-state index in [-0.39, 0.29) is 18.0 Å². The molecule has 1 atom stereocenters. The highest BCUT2D eigenvalue weighted by atomic mass is 32.1. The lowest BCUT2D eigenvalue weighted by Crippen LogP contribution is -2.67. The maximum Gasteiger partial charge on any atom is 0.267 e. The lowest BCUT2D eigenvalue weighted by atomic mass is 9.89. The zero-order valence-corrected chi connectivity index (χ0v) is 9.89. The van der Waals surface area contributed by atoms with Crippen LogP contribution in [0.5, 0.6) is 0 Å². The van der Waals surface area contributed by atoms with E-state index in [2.05, 4.69) is 5.32 Å². The number of carbonyl (C=O) groups excluding carboxylic acids is 1. The summed E-state index contributed by atoms with van der Waals surface area (Å²) in [5.74, 6) is -0.306. The van der Waals surface area contributed by atoms with Gasteiger partial charge in [0.1, 0.15) is 12.2 Å². The summed E-state index contributed by atoms with van der Waals surface area (Å²) in [6.07, 6.45) is 0.627. The van der Waals surface area contributed by atoms with Crippen LogP contribution in [-0.4, -0.2) is 43.9 Å². The smallest absolute Gasteiger partial charge is 0.267 e. The Morgan fingerprint density at radius 3 is 2.67 bits per heavy atom. The van der Waals surface area contributed by atoms with Gasteiger partial charge in [-0.05, 0) is 33.0 Å². The number of amides is 1. The van der Waals surface area contributed by atoms with Gasteiger partial charge in [-0.3, -0.25) is 10.0 Å². The number of rotatable bonds is 0. The maximum atomic E-state index is 11.4. The van der Waals surface area contributed by atoms with Crippen LogP contribution in [0.2, 0.25) is 0 Å². The summed E-state index contributed by atoms with van der Waals surface area (Å²) in [6.45, 7) is 5.97. The normalized spacial score (nSPS) is 34.1. The van der Waals surface area contributed by atoms with E-state index in [1.807, 2.05) is 20.8 Å². The summed E-state index contributed by atoms with van der Waals surface area (Å²) in [7, 11) is 0. The molecule has 2 fully saturated rings. The van der Waals surface area contributed by atoms with Gasteiger partial charge < -0.3 is 10.2 Å². The summed E-state index contributed by atoms with van der Waals surface area (Å²) >= 11 is 5.19. The van der Waals surface area contributed by atoms with E-state index in [0.717, 1.165) is 5.06 Å². The first-order valence-corrected chi connectivity index (χ1v) is 5.29. The van der Waals surface area contributed by atoms with Gasteiger partial charge in [-0.15, -0.1) is 0 Å². The average Bonchev–Trinajstić information content (AvgIpc) is 2.27. The molecule has 0 aliphatic carbocycles. The predicted octanol–water partition coefficient (Wildman–Crippen LogP) is 0.293. The van der Waals surface area contributed by atoms with Gasteiger partial charge in [0, 0.05) is 12.0 Å². The van der Waals surface area contributed by atoms with E-state index in [1.54, 1.807) is 4.90 Å². The molecule has 15 heavy (non-hydrogen) atoms. The van der Waals surface area contributed by atoms with E-state index in [1.165, 1.54) is 0 Å². The molecule has 5 nitrogen and oxygen atoms in total. The van der Waals surface area contributed by atoms with Crippen LogP contribution in [0.15, 0.2) is 0 Å².